The predicted molar refractivity (Wildman–Crippen MR) is 211 cm³/mol. The first-order valence-electron chi connectivity index (χ1n) is 18.6. The second kappa shape index (κ2) is 15.6. The van der Waals surface area contributed by atoms with Crippen molar-refractivity contribution in [3.63, 3.8) is 0 Å². The number of benzene rings is 1. The number of esters is 1. The molecular formula is C43H48N6O7. The lowest BCUT2D eigenvalue weighted by Gasteiger charge is -2.36. The van der Waals surface area contributed by atoms with Crippen molar-refractivity contribution in [1.29, 1.82) is 0 Å². The van der Waals surface area contributed by atoms with Crippen LogP contribution in [0.2, 0.25) is 0 Å². The molecular weight excluding hydrogens is 713 g/mol. The van der Waals surface area contributed by atoms with Crippen molar-refractivity contribution in [2.45, 2.75) is 83.7 Å². The van der Waals surface area contributed by atoms with Crippen molar-refractivity contribution in [2.24, 2.45) is 11.3 Å². The number of rotatable bonds is 12. The summed E-state index contributed by atoms with van der Waals surface area (Å²) in [4.78, 5) is 69.1. The van der Waals surface area contributed by atoms with Gasteiger partial charge in [0.2, 0.25) is 11.8 Å². The van der Waals surface area contributed by atoms with Crippen LogP contribution in [0.15, 0.2) is 97.8 Å². The highest BCUT2D eigenvalue weighted by Gasteiger charge is 2.61. The number of aromatic nitrogens is 3. The van der Waals surface area contributed by atoms with E-state index >= 15 is 0 Å². The maximum atomic E-state index is 14.7. The number of anilines is 1. The van der Waals surface area contributed by atoms with Crippen LogP contribution in [-0.2, 0) is 19.1 Å². The van der Waals surface area contributed by atoms with E-state index in [1.807, 2.05) is 57.2 Å². The van der Waals surface area contributed by atoms with Crippen LogP contribution in [0.1, 0.15) is 64.7 Å². The lowest BCUT2D eigenvalue weighted by atomic mass is 9.85. The molecule has 1 aliphatic carbocycles. The molecule has 13 heteroatoms. The van der Waals surface area contributed by atoms with Gasteiger partial charge < -0.3 is 30.1 Å². The van der Waals surface area contributed by atoms with E-state index in [1.54, 1.807) is 69.6 Å². The summed E-state index contributed by atoms with van der Waals surface area (Å²) in [5, 5.41) is 16.2. The molecule has 1 saturated heterocycles. The zero-order valence-electron chi connectivity index (χ0n) is 32.5. The Hall–Kier alpha value is -6.11. The van der Waals surface area contributed by atoms with Crippen molar-refractivity contribution >= 4 is 29.4 Å². The lowest BCUT2D eigenvalue weighted by molar-refractivity contribution is -0.145. The van der Waals surface area contributed by atoms with E-state index in [1.165, 1.54) is 11.0 Å². The molecule has 4 aromatic rings. The number of ether oxygens (including phenoxy) is 2. The van der Waals surface area contributed by atoms with Gasteiger partial charge in [-0.1, -0.05) is 39.0 Å². The monoisotopic (exact) mass is 760 g/mol. The zero-order chi connectivity index (χ0) is 40.4. The topological polar surface area (TPSA) is 173 Å². The molecule has 1 saturated carbocycles. The number of carboxylic acids is 1. The Balaban J connectivity index is 1.31. The summed E-state index contributed by atoms with van der Waals surface area (Å²) in [5.74, 6) is -2.61. The summed E-state index contributed by atoms with van der Waals surface area (Å²) in [7, 11) is 0. The third-order valence-corrected chi connectivity index (χ3v) is 9.78. The second-order valence-electron chi connectivity index (χ2n) is 16.3. The van der Waals surface area contributed by atoms with Crippen LogP contribution < -0.4 is 15.4 Å². The first-order valence-corrected chi connectivity index (χ1v) is 18.6. The SMILES string of the molecule is C=C[C@H]1CC1(NC(=O)[C@@H]1C[C@@H](Oc2cc(-c3ccccn3)nc(-c3ccccn3)c2)CN1C(=O)[C@@H](Nc1ccc(C(=O)OC(C)(C)C)cc1)C(C)(C)C)C(=O)O. The molecule has 2 fully saturated rings. The van der Waals surface area contributed by atoms with Crippen LogP contribution in [0.3, 0.4) is 0 Å². The minimum Gasteiger partial charge on any atom is -0.488 e. The van der Waals surface area contributed by atoms with E-state index < -0.39 is 58.5 Å². The van der Waals surface area contributed by atoms with Crippen LogP contribution >= 0.6 is 0 Å². The Morgan fingerprint density at radius 1 is 0.911 bits per heavy atom. The van der Waals surface area contributed by atoms with Gasteiger partial charge in [0, 0.05) is 42.6 Å². The summed E-state index contributed by atoms with van der Waals surface area (Å²) in [6.45, 7) is 14.9. The van der Waals surface area contributed by atoms with Gasteiger partial charge in [-0.2, -0.15) is 0 Å². The highest BCUT2D eigenvalue weighted by Crippen LogP contribution is 2.45. The largest absolute Gasteiger partial charge is 0.488 e. The molecule has 0 radical (unpaired) electrons. The smallest absolute Gasteiger partial charge is 0.338 e. The van der Waals surface area contributed by atoms with Crippen molar-refractivity contribution in [1.82, 2.24) is 25.2 Å². The fraction of sp³-hybridized carbons (Fsp3) is 0.372. The fourth-order valence-electron chi connectivity index (χ4n) is 6.77. The summed E-state index contributed by atoms with van der Waals surface area (Å²) in [6, 6.07) is 19.3. The Bertz CT molecular complexity index is 2040. The highest BCUT2D eigenvalue weighted by atomic mass is 16.6. The molecule has 56 heavy (non-hydrogen) atoms. The molecule has 5 atom stereocenters. The van der Waals surface area contributed by atoms with Crippen LogP contribution in [0, 0.1) is 11.3 Å². The van der Waals surface area contributed by atoms with Gasteiger partial charge >= 0.3 is 11.9 Å². The molecule has 292 valence electrons. The molecule has 2 amide bonds. The normalized spacial score (nSPS) is 21.0. The summed E-state index contributed by atoms with van der Waals surface area (Å²) in [6.07, 6.45) is 4.50. The number of carboxylic acid groups (broad SMARTS) is 1. The number of likely N-dealkylation sites (tertiary alicyclic amines) is 1. The van der Waals surface area contributed by atoms with Gasteiger partial charge in [0.15, 0.2) is 0 Å². The number of nitrogens with zero attached hydrogens (tertiary/aromatic N) is 4. The van der Waals surface area contributed by atoms with E-state index in [9.17, 15) is 24.3 Å². The van der Waals surface area contributed by atoms with Crippen LogP contribution in [0.5, 0.6) is 5.75 Å². The van der Waals surface area contributed by atoms with Crippen molar-refractivity contribution in [2.75, 3.05) is 11.9 Å². The van der Waals surface area contributed by atoms with Crippen molar-refractivity contribution in [3.05, 3.63) is 103 Å². The van der Waals surface area contributed by atoms with E-state index in [2.05, 4.69) is 27.2 Å². The van der Waals surface area contributed by atoms with E-state index in [4.69, 9.17) is 14.5 Å². The van der Waals surface area contributed by atoms with Gasteiger partial charge in [-0.05, 0) is 81.1 Å². The fourth-order valence-corrected chi connectivity index (χ4v) is 6.77. The molecule has 6 rings (SSSR count). The molecule has 0 spiro atoms. The third kappa shape index (κ3) is 8.88. The zero-order valence-corrected chi connectivity index (χ0v) is 32.5. The first kappa shape index (κ1) is 39.6. The van der Waals surface area contributed by atoms with Gasteiger partial charge in [0.25, 0.3) is 0 Å². The van der Waals surface area contributed by atoms with Gasteiger partial charge in [0.1, 0.15) is 35.1 Å². The van der Waals surface area contributed by atoms with Gasteiger partial charge in [-0.3, -0.25) is 19.6 Å². The minimum atomic E-state index is -1.50. The average Bonchev–Trinajstić information content (AvgIpc) is 3.72. The highest BCUT2D eigenvalue weighted by molar-refractivity contribution is 5.96. The molecule has 2 aliphatic rings. The van der Waals surface area contributed by atoms with Crippen LogP contribution in [0.4, 0.5) is 5.69 Å². The number of amides is 2. The maximum absolute atomic E-state index is 14.7. The average molecular weight is 761 g/mol. The van der Waals surface area contributed by atoms with E-state index in [0.29, 0.717) is 39.8 Å². The Labute approximate surface area is 326 Å². The number of carbonyl (C=O) groups is 4. The Morgan fingerprint density at radius 3 is 2.00 bits per heavy atom. The molecule has 1 aliphatic heterocycles. The molecule has 1 unspecified atom stereocenters. The van der Waals surface area contributed by atoms with Crippen LogP contribution in [-0.4, -0.2) is 84.6 Å². The molecule has 1 aromatic carbocycles. The van der Waals surface area contributed by atoms with Crippen LogP contribution in [0.25, 0.3) is 22.8 Å². The van der Waals surface area contributed by atoms with Crippen molar-refractivity contribution < 1.29 is 33.8 Å². The van der Waals surface area contributed by atoms with E-state index in [0.717, 1.165) is 0 Å². The Kier molecular flexibility index (Phi) is 11.0. The van der Waals surface area contributed by atoms with Gasteiger partial charge in [-0.15, -0.1) is 6.58 Å². The van der Waals surface area contributed by atoms with E-state index in [-0.39, 0.29) is 25.3 Å². The maximum Gasteiger partial charge on any atom is 0.338 e. The number of hydrogen-bond acceptors (Lipinski definition) is 10. The summed E-state index contributed by atoms with van der Waals surface area (Å²) >= 11 is 0. The quantitative estimate of drug-likeness (QED) is 0.111. The number of hydrogen-bond donors (Lipinski definition) is 3. The standard InChI is InChI=1S/C43H48N6O7/c1-8-27-24-43(27,40(53)54)48-37(50)35-23-30(55-29-21-33(31-13-9-11-19-44-31)47-34(22-29)32-14-10-12-20-45-32)25-49(35)38(51)36(41(2,3)4)46-28-17-15-26(16-18-28)39(52)56-42(5,6)7/h8-22,27,30,35-36,46H,1,23-25H2,2-7H3,(H,48,50)(H,53,54)/t27-,30+,35-,36+,43?/m0/s1. The summed E-state index contributed by atoms with van der Waals surface area (Å²) < 4.78 is 12.1. The van der Waals surface area contributed by atoms with Gasteiger partial charge in [0.05, 0.1) is 34.9 Å². The number of nitrogens with one attached hydrogen (secondary N) is 2. The molecule has 3 aromatic heterocycles. The first-order chi connectivity index (χ1) is 26.5. The summed E-state index contributed by atoms with van der Waals surface area (Å²) in [5.41, 5.74) is 0.461. The minimum absolute atomic E-state index is 0.0356. The Morgan fingerprint density at radius 2 is 1.52 bits per heavy atom. The van der Waals surface area contributed by atoms with Gasteiger partial charge in [-0.25, -0.2) is 14.6 Å². The molecule has 3 N–H and O–H groups in total. The number of pyridine rings is 3. The van der Waals surface area contributed by atoms with Crippen molar-refractivity contribution in [3.8, 4) is 28.5 Å². The second-order valence-corrected chi connectivity index (χ2v) is 16.3. The predicted octanol–water partition coefficient (Wildman–Crippen LogP) is 6.18. The molecule has 0 bridgehead atoms. The lowest BCUT2D eigenvalue weighted by Crippen LogP contribution is -2.56. The third-order valence-electron chi connectivity index (χ3n) is 9.78. The number of aliphatic carboxylic acids is 1. The number of carbonyl (C=O) groups excluding carboxylic acids is 3. The molecule has 13 nitrogen and oxygen atoms in total. The molecule has 4 heterocycles.